The Morgan fingerprint density at radius 2 is 2.46 bits per heavy atom. The van der Waals surface area contributed by atoms with Crippen molar-refractivity contribution in [1.29, 1.82) is 0 Å². The first-order valence-corrected chi connectivity index (χ1v) is 5.98. The summed E-state index contributed by atoms with van der Waals surface area (Å²) in [4.78, 5) is 11.0. The predicted octanol–water partition coefficient (Wildman–Crippen LogP) is 3.55. The summed E-state index contributed by atoms with van der Waals surface area (Å²) in [6.45, 7) is 3.86. The van der Waals surface area contributed by atoms with E-state index < -0.39 is 0 Å². The number of rotatable bonds is 3. The second kappa shape index (κ2) is 5.48. The van der Waals surface area contributed by atoms with Gasteiger partial charge >= 0.3 is 0 Å². The molecule has 74 valence electrons. The van der Waals surface area contributed by atoms with Crippen LogP contribution in [0, 0.1) is 0 Å². The Balaban J connectivity index is 2.48. The first-order chi connectivity index (χ1) is 6.24. The maximum Gasteiger partial charge on any atom is 0.186 e. The summed E-state index contributed by atoms with van der Waals surface area (Å²) in [5.74, 6) is 0. The zero-order chi connectivity index (χ0) is 9.68. The summed E-state index contributed by atoms with van der Waals surface area (Å²) in [6.07, 6.45) is 8.39. The van der Waals surface area contributed by atoms with Gasteiger partial charge in [-0.3, -0.25) is 4.79 Å². The summed E-state index contributed by atoms with van der Waals surface area (Å²) in [5.41, 5.74) is 1.52. The molecule has 0 aliphatic heterocycles. The van der Waals surface area contributed by atoms with Gasteiger partial charge in [-0.1, -0.05) is 36.8 Å². The first-order valence-electron chi connectivity index (χ1n) is 5.10. The molecular weight excluding hydrogens is 180 g/mol. The van der Waals surface area contributed by atoms with Crippen LogP contribution < -0.4 is 0 Å². The van der Waals surface area contributed by atoms with E-state index in [1.165, 1.54) is 49.4 Å². The molecule has 1 nitrogen and oxygen atoms in total. The van der Waals surface area contributed by atoms with Gasteiger partial charge in [0.2, 0.25) is 0 Å². The highest BCUT2D eigenvalue weighted by molar-refractivity contribution is 8.14. The fourth-order valence-electron chi connectivity index (χ4n) is 1.74. The van der Waals surface area contributed by atoms with Crippen LogP contribution >= 0.6 is 11.8 Å². The van der Waals surface area contributed by atoms with Crippen LogP contribution in [0.1, 0.15) is 46.0 Å². The van der Waals surface area contributed by atoms with Crippen LogP contribution in [0.15, 0.2) is 11.6 Å². The fourth-order valence-corrected chi connectivity index (χ4v) is 2.79. The lowest BCUT2D eigenvalue weighted by atomic mass is 10.1. The summed E-state index contributed by atoms with van der Waals surface area (Å²) >= 11 is 1.51. The van der Waals surface area contributed by atoms with E-state index in [4.69, 9.17) is 0 Å². The highest BCUT2D eigenvalue weighted by atomic mass is 32.2. The van der Waals surface area contributed by atoms with Crippen molar-refractivity contribution >= 4 is 16.9 Å². The number of hydrogen-bond acceptors (Lipinski definition) is 2. The molecule has 0 amide bonds. The van der Waals surface area contributed by atoms with Crippen LogP contribution in [0.25, 0.3) is 0 Å². The minimum absolute atomic E-state index is 0.259. The zero-order valence-electron chi connectivity index (χ0n) is 8.51. The molecule has 0 N–H and O–H groups in total. The van der Waals surface area contributed by atoms with E-state index in [2.05, 4.69) is 13.0 Å². The second-order valence-corrected chi connectivity index (χ2v) is 4.94. The van der Waals surface area contributed by atoms with Crippen molar-refractivity contribution in [3.8, 4) is 0 Å². The molecule has 1 fully saturated rings. The van der Waals surface area contributed by atoms with Crippen LogP contribution in [0.4, 0.5) is 0 Å². The van der Waals surface area contributed by atoms with E-state index >= 15 is 0 Å². The van der Waals surface area contributed by atoms with Crippen molar-refractivity contribution in [2.24, 2.45) is 0 Å². The Kier molecular flexibility index (Phi) is 4.57. The quantitative estimate of drug-likeness (QED) is 0.645. The number of thioether (sulfide) groups is 1. The predicted molar refractivity (Wildman–Crippen MR) is 58.9 cm³/mol. The number of unbranched alkanes of at least 4 members (excludes halogenated alkanes) is 1. The molecule has 0 aromatic carbocycles. The van der Waals surface area contributed by atoms with Crippen LogP contribution in [0.5, 0.6) is 0 Å². The number of carbonyl (C=O) groups excluding carboxylic acids is 1. The standard InChI is InChI=1S/C11H18OS/c1-3-4-6-10-7-5-8-11(10)13-9(2)12/h6,11H,3-5,7-8H2,1-2H3/b10-6+. The Hall–Kier alpha value is -0.240. The molecule has 0 bridgehead atoms. The lowest BCUT2D eigenvalue weighted by Crippen LogP contribution is -2.01. The van der Waals surface area contributed by atoms with Gasteiger partial charge in [0.05, 0.1) is 0 Å². The third-order valence-electron chi connectivity index (χ3n) is 2.35. The average Bonchev–Trinajstić information content (AvgIpc) is 2.48. The molecule has 13 heavy (non-hydrogen) atoms. The van der Waals surface area contributed by atoms with E-state index in [-0.39, 0.29) is 5.12 Å². The molecule has 1 rings (SSSR count). The third kappa shape index (κ3) is 3.55. The molecular formula is C11H18OS. The molecule has 0 radical (unpaired) electrons. The third-order valence-corrected chi connectivity index (χ3v) is 3.50. The van der Waals surface area contributed by atoms with Gasteiger partial charge in [-0.15, -0.1) is 0 Å². The highest BCUT2D eigenvalue weighted by Crippen LogP contribution is 2.35. The minimum atomic E-state index is 0.259. The SMILES string of the molecule is CCC/C=C1\CCCC1SC(C)=O. The van der Waals surface area contributed by atoms with Gasteiger partial charge in [-0.25, -0.2) is 0 Å². The van der Waals surface area contributed by atoms with E-state index in [0.717, 1.165) is 0 Å². The van der Waals surface area contributed by atoms with E-state index in [1.54, 1.807) is 6.92 Å². The summed E-state index contributed by atoms with van der Waals surface area (Å²) < 4.78 is 0. The highest BCUT2D eigenvalue weighted by Gasteiger charge is 2.22. The molecule has 0 saturated heterocycles. The van der Waals surface area contributed by atoms with Gasteiger partial charge in [0.15, 0.2) is 5.12 Å². The lowest BCUT2D eigenvalue weighted by molar-refractivity contribution is -0.109. The molecule has 0 aromatic rings. The first kappa shape index (κ1) is 10.8. The molecule has 1 saturated carbocycles. The smallest absolute Gasteiger partial charge is 0.186 e. The molecule has 1 atom stereocenters. The maximum absolute atomic E-state index is 11.0. The van der Waals surface area contributed by atoms with Crippen molar-refractivity contribution < 1.29 is 4.79 Å². The normalized spacial score (nSPS) is 25.4. The minimum Gasteiger partial charge on any atom is -0.288 e. The summed E-state index contributed by atoms with van der Waals surface area (Å²) in [6, 6.07) is 0. The van der Waals surface area contributed by atoms with Gasteiger partial charge in [0.1, 0.15) is 0 Å². The maximum atomic E-state index is 11.0. The summed E-state index contributed by atoms with van der Waals surface area (Å²) in [7, 11) is 0. The monoisotopic (exact) mass is 198 g/mol. The molecule has 0 spiro atoms. The topological polar surface area (TPSA) is 17.1 Å². The summed E-state index contributed by atoms with van der Waals surface area (Å²) in [5, 5.41) is 0.762. The van der Waals surface area contributed by atoms with Gasteiger partial charge in [0.25, 0.3) is 0 Å². The van der Waals surface area contributed by atoms with Crippen LogP contribution in [0.2, 0.25) is 0 Å². The van der Waals surface area contributed by atoms with Crippen molar-refractivity contribution in [2.75, 3.05) is 0 Å². The van der Waals surface area contributed by atoms with Crippen LogP contribution in [0.3, 0.4) is 0 Å². The van der Waals surface area contributed by atoms with Gasteiger partial charge in [-0.05, 0) is 25.7 Å². The van der Waals surface area contributed by atoms with Crippen molar-refractivity contribution in [3.63, 3.8) is 0 Å². The molecule has 1 aliphatic rings. The Morgan fingerprint density at radius 1 is 1.69 bits per heavy atom. The second-order valence-electron chi connectivity index (χ2n) is 3.56. The molecule has 0 aromatic heterocycles. The largest absolute Gasteiger partial charge is 0.288 e. The van der Waals surface area contributed by atoms with Crippen molar-refractivity contribution in [3.05, 3.63) is 11.6 Å². The van der Waals surface area contributed by atoms with Gasteiger partial charge in [0, 0.05) is 12.2 Å². The van der Waals surface area contributed by atoms with Gasteiger partial charge < -0.3 is 0 Å². The lowest BCUT2D eigenvalue weighted by Gasteiger charge is -2.08. The van der Waals surface area contributed by atoms with E-state index in [1.807, 2.05) is 0 Å². The van der Waals surface area contributed by atoms with E-state index in [0.29, 0.717) is 5.25 Å². The average molecular weight is 198 g/mol. The Morgan fingerprint density at radius 3 is 3.08 bits per heavy atom. The number of carbonyl (C=O) groups is 1. The van der Waals surface area contributed by atoms with Crippen LogP contribution in [-0.4, -0.2) is 10.4 Å². The molecule has 2 heteroatoms. The molecule has 0 heterocycles. The van der Waals surface area contributed by atoms with E-state index in [9.17, 15) is 4.79 Å². The van der Waals surface area contributed by atoms with Crippen LogP contribution in [-0.2, 0) is 4.79 Å². The Labute approximate surface area is 85.0 Å². The number of hydrogen-bond donors (Lipinski definition) is 0. The molecule has 1 unspecified atom stereocenters. The number of allylic oxidation sites excluding steroid dienone is 1. The van der Waals surface area contributed by atoms with Crippen molar-refractivity contribution in [1.82, 2.24) is 0 Å². The fraction of sp³-hybridized carbons (Fsp3) is 0.727. The molecule has 1 aliphatic carbocycles. The Bertz CT molecular complexity index is 208. The van der Waals surface area contributed by atoms with Crippen molar-refractivity contribution in [2.45, 2.75) is 51.2 Å². The zero-order valence-corrected chi connectivity index (χ0v) is 9.32. The van der Waals surface area contributed by atoms with Gasteiger partial charge in [-0.2, -0.15) is 0 Å².